The first-order chi connectivity index (χ1) is 19.5. The standard InChI is InChI=1S/C31H46N4O5S/c1-23-18-29(39-6)24(2)25(3)31(23)41(37,38)35-20-27-11-8-7-10-26(27)19-28(35)21-40-22-30(36)34-16-14-33(15-17-34)13-9-12-32(4)5/h7-8,10-11,18,28H,9,12-17,19-22H2,1-6H3. The molecule has 1 fully saturated rings. The van der Waals surface area contributed by atoms with Crippen LogP contribution in [0.2, 0.25) is 0 Å². The number of benzene rings is 2. The molecule has 1 amide bonds. The van der Waals surface area contributed by atoms with Crippen molar-refractivity contribution in [2.75, 3.05) is 73.7 Å². The van der Waals surface area contributed by atoms with Crippen LogP contribution in [0.4, 0.5) is 0 Å². The van der Waals surface area contributed by atoms with Gasteiger partial charge in [0, 0.05) is 32.7 Å². The zero-order valence-corrected chi connectivity index (χ0v) is 26.3. The molecule has 0 aliphatic carbocycles. The number of aryl methyl sites for hydroxylation is 1. The Morgan fingerprint density at radius 3 is 2.37 bits per heavy atom. The van der Waals surface area contributed by atoms with Gasteiger partial charge in [0.25, 0.3) is 0 Å². The zero-order valence-electron chi connectivity index (χ0n) is 25.5. The molecule has 0 aromatic heterocycles. The van der Waals surface area contributed by atoms with Crippen molar-refractivity contribution in [3.05, 3.63) is 58.1 Å². The van der Waals surface area contributed by atoms with Gasteiger partial charge in [-0.15, -0.1) is 0 Å². The summed E-state index contributed by atoms with van der Waals surface area (Å²) in [6.07, 6.45) is 1.64. The number of fused-ring (bicyclic) bond motifs is 1. The quantitative estimate of drug-likeness (QED) is 0.401. The summed E-state index contributed by atoms with van der Waals surface area (Å²) in [5, 5.41) is 0. The number of hydrogen-bond donors (Lipinski definition) is 0. The SMILES string of the molecule is COc1cc(C)c(S(=O)(=O)N2Cc3ccccc3CC2COCC(=O)N2CCN(CCCN(C)C)CC2)c(C)c1C. The van der Waals surface area contributed by atoms with Gasteiger partial charge >= 0.3 is 0 Å². The predicted molar refractivity (Wildman–Crippen MR) is 161 cm³/mol. The van der Waals surface area contributed by atoms with Crippen molar-refractivity contribution in [2.24, 2.45) is 0 Å². The first-order valence-corrected chi connectivity index (χ1v) is 15.9. The lowest BCUT2D eigenvalue weighted by Crippen LogP contribution is -2.50. The van der Waals surface area contributed by atoms with E-state index in [1.54, 1.807) is 17.5 Å². The van der Waals surface area contributed by atoms with E-state index in [1.807, 2.05) is 49.9 Å². The third-order valence-corrected chi connectivity index (χ3v) is 10.6. The van der Waals surface area contributed by atoms with Gasteiger partial charge in [-0.05, 0) is 94.7 Å². The lowest BCUT2D eigenvalue weighted by molar-refractivity contribution is -0.138. The molecular formula is C31H46N4O5S. The second-order valence-electron chi connectivity index (χ2n) is 11.5. The Bertz CT molecular complexity index is 1320. The van der Waals surface area contributed by atoms with Crippen LogP contribution in [0.15, 0.2) is 35.2 Å². The lowest BCUT2D eigenvalue weighted by atomic mass is 9.96. The van der Waals surface area contributed by atoms with E-state index in [4.69, 9.17) is 9.47 Å². The first-order valence-electron chi connectivity index (χ1n) is 14.5. The molecule has 1 saturated heterocycles. The van der Waals surface area contributed by atoms with Crippen molar-refractivity contribution >= 4 is 15.9 Å². The van der Waals surface area contributed by atoms with Crippen LogP contribution in [-0.4, -0.2) is 113 Å². The highest BCUT2D eigenvalue weighted by Gasteiger charge is 2.38. The minimum absolute atomic E-state index is 0.0407. The highest BCUT2D eigenvalue weighted by molar-refractivity contribution is 7.89. The molecule has 1 atom stereocenters. The molecule has 2 heterocycles. The Morgan fingerprint density at radius 2 is 1.71 bits per heavy atom. The second-order valence-corrected chi connectivity index (χ2v) is 13.4. The minimum atomic E-state index is -3.86. The van der Waals surface area contributed by atoms with Gasteiger partial charge in [-0.3, -0.25) is 9.69 Å². The molecule has 41 heavy (non-hydrogen) atoms. The van der Waals surface area contributed by atoms with Gasteiger partial charge < -0.3 is 19.3 Å². The molecule has 0 radical (unpaired) electrons. The van der Waals surface area contributed by atoms with E-state index < -0.39 is 16.1 Å². The summed E-state index contributed by atoms with van der Waals surface area (Å²) in [4.78, 5) is 19.7. The van der Waals surface area contributed by atoms with Crippen LogP contribution in [0.5, 0.6) is 5.75 Å². The fourth-order valence-corrected chi connectivity index (χ4v) is 8.02. The van der Waals surface area contributed by atoms with Crippen LogP contribution in [-0.2, 0) is 32.5 Å². The Labute approximate surface area is 246 Å². The zero-order chi connectivity index (χ0) is 29.7. The van der Waals surface area contributed by atoms with Gasteiger partial charge in [0.1, 0.15) is 12.4 Å². The van der Waals surface area contributed by atoms with Crippen molar-refractivity contribution in [1.29, 1.82) is 0 Å². The molecule has 0 spiro atoms. The van der Waals surface area contributed by atoms with E-state index in [1.165, 1.54) is 0 Å². The van der Waals surface area contributed by atoms with Gasteiger partial charge in [0.05, 0.1) is 24.7 Å². The summed E-state index contributed by atoms with van der Waals surface area (Å²) in [7, 11) is 1.90. The van der Waals surface area contributed by atoms with Crippen molar-refractivity contribution in [2.45, 2.75) is 51.1 Å². The average molecular weight is 587 g/mol. The lowest BCUT2D eigenvalue weighted by Gasteiger charge is -2.37. The smallest absolute Gasteiger partial charge is 0.248 e. The number of amides is 1. The van der Waals surface area contributed by atoms with E-state index in [-0.39, 0.29) is 25.7 Å². The number of hydrogen-bond acceptors (Lipinski definition) is 7. The number of sulfonamides is 1. The molecule has 0 saturated carbocycles. The van der Waals surface area contributed by atoms with Gasteiger partial charge in [-0.1, -0.05) is 24.3 Å². The number of carbonyl (C=O) groups excluding carboxylic acids is 1. The predicted octanol–water partition coefficient (Wildman–Crippen LogP) is 2.85. The Kier molecular flexibility index (Phi) is 10.5. The van der Waals surface area contributed by atoms with E-state index >= 15 is 0 Å². The highest BCUT2D eigenvalue weighted by Crippen LogP contribution is 2.35. The van der Waals surface area contributed by atoms with E-state index in [0.29, 0.717) is 41.3 Å². The number of piperazine rings is 1. The maximum Gasteiger partial charge on any atom is 0.248 e. The van der Waals surface area contributed by atoms with Crippen molar-refractivity contribution < 1.29 is 22.7 Å². The number of ether oxygens (including phenoxy) is 2. The Morgan fingerprint density at radius 1 is 1.02 bits per heavy atom. The number of rotatable bonds is 11. The van der Waals surface area contributed by atoms with E-state index in [0.717, 1.165) is 49.3 Å². The van der Waals surface area contributed by atoms with Crippen LogP contribution < -0.4 is 4.74 Å². The van der Waals surface area contributed by atoms with Gasteiger partial charge in [-0.25, -0.2) is 8.42 Å². The molecule has 2 aliphatic heterocycles. The van der Waals surface area contributed by atoms with Crippen LogP contribution in [0, 0.1) is 20.8 Å². The fourth-order valence-electron chi connectivity index (χ4n) is 5.94. The average Bonchev–Trinajstić information content (AvgIpc) is 2.94. The second kappa shape index (κ2) is 13.6. The first kappa shape index (κ1) is 31.4. The molecule has 9 nitrogen and oxygen atoms in total. The Hall–Kier alpha value is -2.50. The highest BCUT2D eigenvalue weighted by atomic mass is 32.2. The maximum absolute atomic E-state index is 14.2. The summed E-state index contributed by atoms with van der Waals surface area (Å²) < 4.78 is 41.5. The minimum Gasteiger partial charge on any atom is -0.496 e. The van der Waals surface area contributed by atoms with Crippen LogP contribution in [0.3, 0.4) is 0 Å². The molecule has 0 N–H and O–H groups in total. The molecule has 0 bridgehead atoms. The number of methoxy groups -OCH3 is 1. The Balaban J connectivity index is 1.43. The summed E-state index contributed by atoms with van der Waals surface area (Å²) >= 11 is 0. The summed E-state index contributed by atoms with van der Waals surface area (Å²) in [6.45, 7) is 11.1. The van der Waals surface area contributed by atoms with Crippen LogP contribution in [0.25, 0.3) is 0 Å². The summed E-state index contributed by atoms with van der Waals surface area (Å²) in [6, 6.07) is 9.32. The monoisotopic (exact) mass is 586 g/mol. The molecular weight excluding hydrogens is 540 g/mol. The summed E-state index contributed by atoms with van der Waals surface area (Å²) in [5.74, 6) is 0.636. The van der Waals surface area contributed by atoms with E-state index in [9.17, 15) is 13.2 Å². The number of nitrogens with zero attached hydrogens (tertiary/aromatic N) is 4. The van der Waals surface area contributed by atoms with Gasteiger partial charge in [0.2, 0.25) is 15.9 Å². The van der Waals surface area contributed by atoms with Gasteiger partial charge in [-0.2, -0.15) is 4.31 Å². The topological polar surface area (TPSA) is 82.6 Å². The van der Waals surface area contributed by atoms with Crippen LogP contribution in [0.1, 0.15) is 34.2 Å². The molecule has 226 valence electrons. The third kappa shape index (κ3) is 7.29. The third-order valence-electron chi connectivity index (χ3n) is 8.41. The molecule has 1 unspecified atom stereocenters. The largest absolute Gasteiger partial charge is 0.496 e. The van der Waals surface area contributed by atoms with Crippen LogP contribution >= 0.6 is 0 Å². The van der Waals surface area contributed by atoms with E-state index in [2.05, 4.69) is 23.9 Å². The molecule has 2 aromatic rings. The fraction of sp³-hybridized carbons (Fsp3) is 0.581. The van der Waals surface area contributed by atoms with Gasteiger partial charge in [0.15, 0.2) is 0 Å². The molecule has 4 rings (SSSR count). The maximum atomic E-state index is 14.2. The van der Waals surface area contributed by atoms with Crippen molar-refractivity contribution in [1.82, 2.24) is 19.0 Å². The molecule has 10 heteroatoms. The molecule has 2 aromatic carbocycles. The normalized spacial score (nSPS) is 18.5. The summed E-state index contributed by atoms with van der Waals surface area (Å²) in [5.41, 5.74) is 4.26. The molecule has 2 aliphatic rings. The van der Waals surface area contributed by atoms with Crippen molar-refractivity contribution in [3.63, 3.8) is 0 Å². The van der Waals surface area contributed by atoms with Crippen molar-refractivity contribution in [3.8, 4) is 5.75 Å². The number of carbonyl (C=O) groups is 1.